The zero-order valence-corrected chi connectivity index (χ0v) is 23.6. The van der Waals surface area contributed by atoms with E-state index >= 15 is 4.39 Å². The van der Waals surface area contributed by atoms with E-state index in [1.807, 2.05) is 30.3 Å². The second-order valence-electron chi connectivity index (χ2n) is 9.98. The molecule has 1 aliphatic heterocycles. The number of nitrogens with zero attached hydrogens (tertiary/aromatic N) is 1. The van der Waals surface area contributed by atoms with Crippen molar-refractivity contribution in [3.8, 4) is 22.5 Å². The lowest BCUT2D eigenvalue weighted by molar-refractivity contribution is -0.121. The molecule has 5 N–H and O–H groups in total. The molecule has 3 aromatic carbocycles. The zero-order chi connectivity index (χ0) is 29.9. The third kappa shape index (κ3) is 7.04. The summed E-state index contributed by atoms with van der Waals surface area (Å²) >= 11 is 0. The first-order valence-electron chi connectivity index (χ1n) is 13.2. The van der Waals surface area contributed by atoms with E-state index < -0.39 is 28.4 Å². The van der Waals surface area contributed by atoms with Gasteiger partial charge in [-0.25, -0.2) is 17.9 Å². The number of anilines is 1. The standard InChI is InChI=1S/C30H31FN4O6S/c1-19(36)34-17-25-18-35(30(37)41-25)23-9-11-27(28(31)14-23)21-7-5-20(6-8-21)15-33-16-24-10-12-29(40-24)22-3-2-4-26(13-22)42(32,38)39/h2-14,25,30,33,37H,15-18H2,1H3,(H,34,36)(H2,32,38,39)/t25-,30?/m0/s1. The summed E-state index contributed by atoms with van der Waals surface area (Å²) in [5, 5.41) is 21.4. The van der Waals surface area contributed by atoms with E-state index in [9.17, 15) is 18.3 Å². The van der Waals surface area contributed by atoms with Crippen molar-refractivity contribution in [2.75, 3.05) is 18.0 Å². The van der Waals surface area contributed by atoms with Gasteiger partial charge >= 0.3 is 0 Å². The van der Waals surface area contributed by atoms with Crippen molar-refractivity contribution in [2.24, 2.45) is 5.14 Å². The van der Waals surface area contributed by atoms with Crippen LogP contribution in [-0.4, -0.2) is 45.0 Å². The van der Waals surface area contributed by atoms with Crippen LogP contribution in [0, 0.1) is 5.82 Å². The average molecular weight is 595 g/mol. The molecule has 220 valence electrons. The highest BCUT2D eigenvalue weighted by molar-refractivity contribution is 7.89. The molecule has 2 atom stereocenters. The number of nitrogens with two attached hydrogens (primary N) is 1. The normalized spacial score (nSPS) is 17.0. The topological polar surface area (TPSA) is 147 Å². The van der Waals surface area contributed by atoms with E-state index in [0.717, 1.165) is 5.56 Å². The number of aliphatic hydroxyl groups excluding tert-OH is 1. The van der Waals surface area contributed by atoms with Crippen molar-refractivity contribution in [3.63, 3.8) is 0 Å². The van der Waals surface area contributed by atoms with Gasteiger partial charge in [0.2, 0.25) is 22.3 Å². The molecule has 1 unspecified atom stereocenters. The fourth-order valence-corrected chi connectivity index (χ4v) is 5.26. The third-order valence-corrected chi connectivity index (χ3v) is 7.76. The van der Waals surface area contributed by atoms with E-state index in [-0.39, 0.29) is 17.3 Å². The van der Waals surface area contributed by atoms with Gasteiger partial charge in [-0.3, -0.25) is 4.79 Å². The number of furan rings is 1. The lowest BCUT2D eigenvalue weighted by Gasteiger charge is -2.21. The van der Waals surface area contributed by atoms with E-state index in [0.29, 0.717) is 53.5 Å². The second-order valence-corrected chi connectivity index (χ2v) is 11.5. The predicted molar refractivity (Wildman–Crippen MR) is 155 cm³/mol. The zero-order valence-electron chi connectivity index (χ0n) is 22.8. The van der Waals surface area contributed by atoms with Crippen LogP contribution in [0.2, 0.25) is 0 Å². The highest BCUT2D eigenvalue weighted by Crippen LogP contribution is 2.30. The molecule has 1 fully saturated rings. The number of hydrogen-bond acceptors (Lipinski definition) is 8. The van der Waals surface area contributed by atoms with Crippen LogP contribution in [0.5, 0.6) is 0 Å². The number of carbonyl (C=O) groups excluding carboxylic acids is 1. The van der Waals surface area contributed by atoms with Gasteiger partial charge in [-0.05, 0) is 53.6 Å². The SMILES string of the molecule is CC(=O)NC[C@H]1CN(c2ccc(-c3ccc(CNCc4ccc(-c5cccc(S(N)(=O)=O)c5)o4)cc3)c(F)c2)C(O)O1. The number of rotatable bonds is 10. The predicted octanol–water partition coefficient (Wildman–Crippen LogP) is 3.31. The molecule has 10 nitrogen and oxygen atoms in total. The molecular formula is C30H31FN4O6S. The van der Waals surface area contributed by atoms with Gasteiger partial charge < -0.3 is 29.8 Å². The van der Waals surface area contributed by atoms with Gasteiger partial charge in [0.15, 0.2) is 0 Å². The fraction of sp³-hybridized carbons (Fsp3) is 0.233. The lowest BCUT2D eigenvalue weighted by atomic mass is 10.0. The van der Waals surface area contributed by atoms with E-state index in [1.54, 1.807) is 30.3 Å². The maximum Gasteiger partial charge on any atom is 0.238 e. The Hall–Kier alpha value is -4.07. The van der Waals surface area contributed by atoms with Crippen molar-refractivity contribution in [3.05, 3.63) is 96.0 Å². The summed E-state index contributed by atoms with van der Waals surface area (Å²) in [6, 6.07) is 22.1. The second kappa shape index (κ2) is 12.4. The van der Waals surface area contributed by atoms with Crippen LogP contribution in [0.3, 0.4) is 0 Å². The molecule has 1 aliphatic rings. The summed E-state index contributed by atoms with van der Waals surface area (Å²) in [6.07, 6.45) is -1.63. The van der Waals surface area contributed by atoms with Crippen LogP contribution in [0.15, 0.2) is 88.2 Å². The van der Waals surface area contributed by atoms with E-state index in [4.69, 9.17) is 14.3 Å². The molecule has 0 bridgehead atoms. The van der Waals surface area contributed by atoms with Crippen LogP contribution in [0.1, 0.15) is 18.2 Å². The van der Waals surface area contributed by atoms with Crippen LogP contribution in [0.4, 0.5) is 10.1 Å². The smallest absolute Gasteiger partial charge is 0.238 e. The molecule has 0 radical (unpaired) electrons. The van der Waals surface area contributed by atoms with Gasteiger partial charge in [0.1, 0.15) is 17.3 Å². The van der Waals surface area contributed by atoms with Gasteiger partial charge in [-0.2, -0.15) is 0 Å². The van der Waals surface area contributed by atoms with Crippen LogP contribution < -0.4 is 20.7 Å². The van der Waals surface area contributed by atoms with E-state index in [2.05, 4.69) is 10.6 Å². The van der Waals surface area contributed by atoms with Crippen molar-refractivity contribution >= 4 is 21.6 Å². The molecular weight excluding hydrogens is 563 g/mol. The molecule has 2 heterocycles. The van der Waals surface area contributed by atoms with Gasteiger partial charge in [-0.15, -0.1) is 0 Å². The fourth-order valence-electron chi connectivity index (χ4n) is 4.70. The molecule has 0 saturated carbocycles. The van der Waals surface area contributed by atoms with Gasteiger partial charge in [0.25, 0.3) is 0 Å². The lowest BCUT2D eigenvalue weighted by Crippen LogP contribution is -2.33. The number of ether oxygens (including phenoxy) is 1. The average Bonchev–Trinajstić information content (AvgIpc) is 3.58. The highest BCUT2D eigenvalue weighted by atomic mass is 32.2. The van der Waals surface area contributed by atoms with Crippen LogP contribution in [-0.2, 0) is 32.6 Å². The van der Waals surface area contributed by atoms with Crippen molar-refractivity contribution in [2.45, 2.75) is 37.4 Å². The van der Waals surface area contributed by atoms with Crippen molar-refractivity contribution in [1.29, 1.82) is 0 Å². The van der Waals surface area contributed by atoms with E-state index in [1.165, 1.54) is 30.0 Å². The number of aliphatic hydroxyl groups is 1. The first-order chi connectivity index (χ1) is 20.1. The molecule has 0 aliphatic carbocycles. The number of halogens is 1. The first-order valence-corrected chi connectivity index (χ1v) is 14.8. The summed E-state index contributed by atoms with van der Waals surface area (Å²) in [4.78, 5) is 12.7. The van der Waals surface area contributed by atoms with Crippen LogP contribution >= 0.6 is 0 Å². The van der Waals surface area contributed by atoms with Gasteiger partial charge in [-0.1, -0.05) is 36.4 Å². The number of hydrogen-bond donors (Lipinski definition) is 4. The maximum atomic E-state index is 15.1. The highest BCUT2D eigenvalue weighted by Gasteiger charge is 2.32. The summed E-state index contributed by atoms with van der Waals surface area (Å²) in [5.74, 6) is 0.591. The summed E-state index contributed by atoms with van der Waals surface area (Å²) in [5.41, 5.74) is 3.22. The van der Waals surface area contributed by atoms with Crippen molar-refractivity contribution in [1.82, 2.24) is 10.6 Å². The molecule has 12 heteroatoms. The summed E-state index contributed by atoms with van der Waals surface area (Å²) in [7, 11) is -3.81. The molecule has 0 spiro atoms. The summed E-state index contributed by atoms with van der Waals surface area (Å²) in [6.45, 7) is 2.97. The largest absolute Gasteiger partial charge is 0.460 e. The first kappa shape index (κ1) is 29.4. The minimum atomic E-state index is -3.81. The molecule has 42 heavy (non-hydrogen) atoms. The Labute approximate surface area is 243 Å². The molecule has 1 amide bonds. The Morgan fingerprint density at radius 3 is 2.55 bits per heavy atom. The molecule has 1 saturated heterocycles. The number of benzene rings is 3. The van der Waals surface area contributed by atoms with Gasteiger partial charge in [0.05, 0.1) is 24.1 Å². The Balaban J connectivity index is 1.16. The Bertz CT molecular complexity index is 1680. The van der Waals surface area contributed by atoms with Crippen LogP contribution in [0.25, 0.3) is 22.5 Å². The number of amides is 1. The Morgan fingerprint density at radius 2 is 1.83 bits per heavy atom. The molecule has 4 aromatic rings. The number of primary sulfonamides is 1. The van der Waals surface area contributed by atoms with Crippen molar-refractivity contribution < 1.29 is 31.9 Å². The Kier molecular flexibility index (Phi) is 8.71. The maximum absolute atomic E-state index is 15.1. The number of sulfonamides is 1. The number of carbonyl (C=O) groups is 1. The Morgan fingerprint density at radius 1 is 1.05 bits per heavy atom. The minimum Gasteiger partial charge on any atom is -0.460 e. The molecule has 1 aromatic heterocycles. The third-order valence-electron chi connectivity index (χ3n) is 6.85. The quantitative estimate of drug-likeness (QED) is 0.219. The summed E-state index contributed by atoms with van der Waals surface area (Å²) < 4.78 is 49.7. The monoisotopic (exact) mass is 594 g/mol. The molecule has 5 rings (SSSR count). The minimum absolute atomic E-state index is 0.0173. The van der Waals surface area contributed by atoms with Gasteiger partial charge in [0, 0.05) is 36.8 Å². The number of nitrogens with one attached hydrogen (secondary N) is 2.